The van der Waals surface area contributed by atoms with Crippen LogP contribution >= 0.6 is 11.3 Å². The summed E-state index contributed by atoms with van der Waals surface area (Å²) >= 11 is 1.41. The summed E-state index contributed by atoms with van der Waals surface area (Å²) in [6, 6.07) is 3.59. The highest BCUT2D eigenvalue weighted by atomic mass is 32.1. The fourth-order valence-electron chi connectivity index (χ4n) is 1.20. The Kier molecular flexibility index (Phi) is 2.55. The third-order valence-electron chi connectivity index (χ3n) is 1.94. The quantitative estimate of drug-likeness (QED) is 0.849. The third kappa shape index (κ3) is 2.07. The number of anilines is 1. The van der Waals surface area contributed by atoms with Gasteiger partial charge >= 0.3 is 0 Å². The monoisotopic (exact) mass is 222 g/mol. The molecular formula is C10H10N2O2S. The van der Waals surface area contributed by atoms with Gasteiger partial charge < -0.3 is 9.84 Å². The Balaban J connectivity index is 2.14. The van der Waals surface area contributed by atoms with E-state index in [1.54, 1.807) is 13.0 Å². The Hall–Kier alpha value is -1.62. The van der Waals surface area contributed by atoms with Gasteiger partial charge in [0.2, 0.25) is 0 Å². The highest BCUT2D eigenvalue weighted by Gasteiger charge is 2.12. The average Bonchev–Trinajstić information content (AvgIpc) is 2.75. The van der Waals surface area contributed by atoms with E-state index in [4.69, 9.17) is 4.52 Å². The first-order valence-electron chi connectivity index (χ1n) is 4.45. The summed E-state index contributed by atoms with van der Waals surface area (Å²) in [5.41, 5.74) is 0.970. The van der Waals surface area contributed by atoms with Crippen molar-refractivity contribution in [3.05, 3.63) is 33.7 Å². The molecule has 0 spiro atoms. The fourth-order valence-corrected chi connectivity index (χ4v) is 2.02. The van der Waals surface area contributed by atoms with E-state index in [0.29, 0.717) is 16.5 Å². The summed E-state index contributed by atoms with van der Waals surface area (Å²) in [7, 11) is 0. The summed E-state index contributed by atoms with van der Waals surface area (Å²) in [5, 5.41) is 8.25. The van der Waals surface area contributed by atoms with Crippen LogP contribution in [0.15, 0.2) is 22.0 Å². The van der Waals surface area contributed by atoms with Crippen LogP contribution in [0.5, 0.6) is 0 Å². The molecule has 78 valence electrons. The van der Waals surface area contributed by atoms with Crippen molar-refractivity contribution in [2.45, 2.75) is 13.8 Å². The molecule has 2 rings (SSSR count). The lowest BCUT2D eigenvalue weighted by Gasteiger charge is -1.98. The maximum absolute atomic E-state index is 11.7. The van der Waals surface area contributed by atoms with Gasteiger partial charge in [0.25, 0.3) is 5.91 Å². The Morgan fingerprint density at radius 3 is 2.87 bits per heavy atom. The van der Waals surface area contributed by atoms with Crippen molar-refractivity contribution in [2.75, 3.05) is 5.32 Å². The van der Waals surface area contributed by atoms with Crippen LogP contribution in [0.25, 0.3) is 0 Å². The van der Waals surface area contributed by atoms with Gasteiger partial charge in [-0.05, 0) is 30.9 Å². The topological polar surface area (TPSA) is 55.1 Å². The standard InChI is InChI=1S/C10H10N2O2S/c1-6-3-4-15-9(6)10(13)11-8-5-7(2)14-12-8/h3-5H,1-2H3,(H,11,12,13). The second kappa shape index (κ2) is 3.86. The number of thiophene rings is 1. The molecule has 2 heterocycles. The van der Waals surface area contributed by atoms with Crippen LogP contribution < -0.4 is 5.32 Å². The molecule has 2 aromatic rings. The lowest BCUT2D eigenvalue weighted by atomic mass is 10.3. The number of aromatic nitrogens is 1. The first-order chi connectivity index (χ1) is 7.16. The molecule has 0 aliphatic heterocycles. The Labute approximate surface area is 90.9 Å². The van der Waals surface area contributed by atoms with Crippen molar-refractivity contribution in [1.29, 1.82) is 0 Å². The minimum absolute atomic E-state index is 0.143. The molecule has 0 aliphatic rings. The smallest absolute Gasteiger partial charge is 0.267 e. The summed E-state index contributed by atoms with van der Waals surface area (Å²) in [6.07, 6.45) is 0. The lowest BCUT2D eigenvalue weighted by molar-refractivity contribution is 0.102. The van der Waals surface area contributed by atoms with Gasteiger partial charge in [-0.2, -0.15) is 0 Å². The minimum Gasteiger partial charge on any atom is -0.360 e. The van der Waals surface area contributed by atoms with Crippen LogP contribution in [0.1, 0.15) is 21.0 Å². The molecule has 0 unspecified atom stereocenters. The zero-order valence-corrected chi connectivity index (χ0v) is 9.22. The Morgan fingerprint density at radius 1 is 1.53 bits per heavy atom. The first-order valence-corrected chi connectivity index (χ1v) is 5.33. The van der Waals surface area contributed by atoms with Crippen molar-refractivity contribution in [3.63, 3.8) is 0 Å². The van der Waals surface area contributed by atoms with Crippen molar-refractivity contribution in [3.8, 4) is 0 Å². The summed E-state index contributed by atoms with van der Waals surface area (Å²) in [6.45, 7) is 3.68. The van der Waals surface area contributed by atoms with Crippen molar-refractivity contribution in [2.24, 2.45) is 0 Å². The van der Waals surface area contributed by atoms with E-state index < -0.39 is 0 Å². The van der Waals surface area contributed by atoms with Crippen LogP contribution in [0.4, 0.5) is 5.82 Å². The molecule has 0 fully saturated rings. The largest absolute Gasteiger partial charge is 0.360 e. The molecule has 0 saturated heterocycles. The Bertz CT molecular complexity index is 487. The second-order valence-corrected chi connectivity index (χ2v) is 4.13. The fraction of sp³-hybridized carbons (Fsp3) is 0.200. The molecule has 0 radical (unpaired) electrons. The molecular weight excluding hydrogens is 212 g/mol. The van der Waals surface area contributed by atoms with Crippen LogP contribution in [0.3, 0.4) is 0 Å². The number of carbonyl (C=O) groups excluding carboxylic acids is 1. The third-order valence-corrected chi connectivity index (χ3v) is 2.95. The predicted molar refractivity (Wildman–Crippen MR) is 58.2 cm³/mol. The van der Waals surface area contributed by atoms with E-state index in [1.165, 1.54) is 11.3 Å². The second-order valence-electron chi connectivity index (χ2n) is 3.21. The normalized spacial score (nSPS) is 10.3. The highest BCUT2D eigenvalue weighted by Crippen LogP contribution is 2.17. The predicted octanol–water partition coefficient (Wildman–Crippen LogP) is 2.61. The number of rotatable bonds is 2. The minimum atomic E-state index is -0.143. The van der Waals surface area contributed by atoms with Gasteiger partial charge in [0.15, 0.2) is 5.82 Å². The maximum Gasteiger partial charge on any atom is 0.267 e. The zero-order valence-electron chi connectivity index (χ0n) is 8.40. The van der Waals surface area contributed by atoms with Gasteiger partial charge in [-0.25, -0.2) is 0 Å². The van der Waals surface area contributed by atoms with Crippen LogP contribution in [0, 0.1) is 13.8 Å². The zero-order chi connectivity index (χ0) is 10.8. The van der Waals surface area contributed by atoms with Gasteiger partial charge in [-0.1, -0.05) is 5.16 Å². The molecule has 1 N–H and O–H groups in total. The number of amides is 1. The molecule has 0 bridgehead atoms. The van der Waals surface area contributed by atoms with Crippen LogP contribution in [0.2, 0.25) is 0 Å². The van der Waals surface area contributed by atoms with Gasteiger partial charge in [0.05, 0.1) is 4.88 Å². The summed E-state index contributed by atoms with van der Waals surface area (Å²) < 4.78 is 4.85. The molecule has 0 atom stereocenters. The van der Waals surface area contributed by atoms with E-state index in [1.807, 2.05) is 18.4 Å². The SMILES string of the molecule is Cc1cc(NC(=O)c2sccc2C)no1. The Morgan fingerprint density at radius 2 is 2.33 bits per heavy atom. The van der Waals surface area contributed by atoms with Crippen molar-refractivity contribution < 1.29 is 9.32 Å². The number of aryl methyl sites for hydroxylation is 2. The van der Waals surface area contributed by atoms with E-state index in [2.05, 4.69) is 10.5 Å². The van der Waals surface area contributed by atoms with E-state index >= 15 is 0 Å². The molecule has 2 aromatic heterocycles. The van der Waals surface area contributed by atoms with Crippen molar-refractivity contribution >= 4 is 23.1 Å². The van der Waals surface area contributed by atoms with E-state index in [-0.39, 0.29) is 5.91 Å². The number of carbonyl (C=O) groups is 1. The number of hydrogen-bond acceptors (Lipinski definition) is 4. The molecule has 0 aliphatic carbocycles. The van der Waals surface area contributed by atoms with Gasteiger partial charge in [-0.15, -0.1) is 11.3 Å². The van der Waals surface area contributed by atoms with Crippen LogP contribution in [-0.2, 0) is 0 Å². The highest BCUT2D eigenvalue weighted by molar-refractivity contribution is 7.12. The van der Waals surface area contributed by atoms with Crippen LogP contribution in [-0.4, -0.2) is 11.1 Å². The number of hydrogen-bond donors (Lipinski definition) is 1. The number of nitrogens with one attached hydrogen (secondary N) is 1. The average molecular weight is 222 g/mol. The van der Waals surface area contributed by atoms with Gasteiger partial charge in [-0.3, -0.25) is 4.79 Å². The van der Waals surface area contributed by atoms with Gasteiger partial charge in [0.1, 0.15) is 5.76 Å². The lowest BCUT2D eigenvalue weighted by Crippen LogP contribution is -2.11. The molecule has 5 heteroatoms. The maximum atomic E-state index is 11.7. The van der Waals surface area contributed by atoms with E-state index in [9.17, 15) is 4.79 Å². The first kappa shape index (κ1) is 9.92. The summed E-state index contributed by atoms with van der Waals surface area (Å²) in [4.78, 5) is 12.4. The molecule has 4 nitrogen and oxygen atoms in total. The number of nitrogens with zero attached hydrogens (tertiary/aromatic N) is 1. The molecule has 0 aromatic carbocycles. The molecule has 0 saturated carbocycles. The van der Waals surface area contributed by atoms with Crippen molar-refractivity contribution in [1.82, 2.24) is 5.16 Å². The summed E-state index contributed by atoms with van der Waals surface area (Å²) in [5.74, 6) is 0.981. The van der Waals surface area contributed by atoms with Gasteiger partial charge in [0, 0.05) is 6.07 Å². The molecule has 15 heavy (non-hydrogen) atoms. The van der Waals surface area contributed by atoms with E-state index in [0.717, 1.165) is 5.56 Å². The molecule has 1 amide bonds.